The van der Waals surface area contributed by atoms with Crippen molar-refractivity contribution in [2.75, 3.05) is 14.7 Å². The predicted octanol–water partition coefficient (Wildman–Crippen LogP) is 22.3. The van der Waals surface area contributed by atoms with Crippen LogP contribution >= 0.6 is 11.3 Å². The Morgan fingerprint density at radius 3 is 1.59 bits per heavy atom. The number of hydrogen-bond donors (Lipinski definition) is 0. The first kappa shape index (κ1) is 58.0. The second kappa shape index (κ2) is 21.4. The van der Waals surface area contributed by atoms with Crippen LogP contribution in [-0.4, -0.2) is 11.3 Å². The van der Waals surface area contributed by atoms with Gasteiger partial charge in [-0.1, -0.05) is 196 Å². The number of aryl methyl sites for hydroxylation is 5. The SMILES string of the molecule is Cc1cc2c3c(c1)N(c1ccc(C(C)(C)C)cc1)c1cc(N(c4ccc5c6ccccc6n(-c6ccccc6)c5c4)c4c(C)cc(C(C)(C)C)cc4C)ccc1B3c1cc(C(C)(C)C)ccc1N2c1cc(C)c(-c2sc3ccccc3c2-c2ccccc2)c(C)c1. The molecule has 0 aliphatic carbocycles. The summed E-state index contributed by atoms with van der Waals surface area (Å²) in [5.74, 6) is 0. The second-order valence-electron chi connectivity index (χ2n) is 28.9. The third kappa shape index (κ3) is 9.63. The van der Waals surface area contributed by atoms with Crippen LogP contribution in [0, 0.1) is 34.6 Å². The number of hydrogen-bond acceptors (Lipinski definition) is 4. The molecule has 2 aromatic heterocycles. The molecule has 0 saturated heterocycles. The maximum Gasteiger partial charge on any atom is 0.252 e. The highest BCUT2D eigenvalue weighted by Gasteiger charge is 2.45. The zero-order chi connectivity index (χ0) is 63.2. The van der Waals surface area contributed by atoms with Crippen LogP contribution in [0.2, 0.25) is 0 Å². The van der Waals surface area contributed by atoms with E-state index in [0.29, 0.717) is 0 Å². The Balaban J connectivity index is 0.980. The first-order valence-electron chi connectivity index (χ1n) is 32.4. The van der Waals surface area contributed by atoms with Crippen molar-refractivity contribution in [2.45, 2.75) is 113 Å². The minimum atomic E-state index is -0.0972. The van der Waals surface area contributed by atoms with Gasteiger partial charge in [0.05, 0.1) is 16.7 Å². The molecular formula is C85H79BN4S. The van der Waals surface area contributed by atoms with Crippen molar-refractivity contribution in [3.05, 3.63) is 269 Å². The largest absolute Gasteiger partial charge is 0.311 e. The summed E-state index contributed by atoms with van der Waals surface area (Å²) >= 11 is 1.91. The molecule has 2 aliphatic rings. The summed E-state index contributed by atoms with van der Waals surface area (Å²) in [4.78, 5) is 9.10. The number of rotatable bonds is 8. The van der Waals surface area contributed by atoms with Crippen molar-refractivity contribution in [1.82, 2.24) is 4.57 Å². The number of thiophene rings is 1. The minimum absolute atomic E-state index is 0.0218. The Hall–Kier alpha value is -9.36. The van der Waals surface area contributed by atoms with E-state index in [4.69, 9.17) is 0 Å². The standard InChI is InChI=1S/C85H79BN4S/c1-52-43-75-80-76(44-52)90(65-47-53(2)78(54(3)48-65)82-79(57-25-17-15-18-26-57)68-30-22-24-32-77(68)91-82)72-42-35-59(84(9,10)11)49-70(72)86(80)69-41-39-64(51-74(69)89(75)62-36-33-58(34-37-62)83(6,7)8)87(81-55(4)45-60(46-56(81)5)85(12,13)14)63-38-40-67-66-29-21-23-31-71(66)88(73(67)50-63)61-27-19-16-20-28-61/h15-51H,1-14H3. The van der Waals surface area contributed by atoms with E-state index in [0.717, 1.165) is 22.7 Å². The molecule has 448 valence electrons. The highest BCUT2D eigenvalue weighted by Crippen LogP contribution is 2.52. The molecule has 0 fully saturated rings. The molecule has 0 atom stereocenters. The second-order valence-corrected chi connectivity index (χ2v) is 30.0. The van der Waals surface area contributed by atoms with Gasteiger partial charge in [-0.15, -0.1) is 11.3 Å². The van der Waals surface area contributed by atoms with Crippen molar-refractivity contribution in [1.29, 1.82) is 0 Å². The summed E-state index contributed by atoms with van der Waals surface area (Å²) in [7, 11) is 0. The number of fused-ring (bicyclic) bond motifs is 8. The van der Waals surface area contributed by atoms with E-state index >= 15 is 0 Å². The molecule has 0 spiro atoms. The molecule has 0 N–H and O–H groups in total. The lowest BCUT2D eigenvalue weighted by Crippen LogP contribution is -2.61. The molecule has 11 aromatic carbocycles. The van der Waals surface area contributed by atoms with Crippen molar-refractivity contribution < 1.29 is 0 Å². The van der Waals surface area contributed by atoms with Crippen molar-refractivity contribution in [3.63, 3.8) is 0 Å². The molecule has 4 nitrogen and oxygen atoms in total. The minimum Gasteiger partial charge on any atom is -0.311 e. The maximum absolute atomic E-state index is 2.61. The van der Waals surface area contributed by atoms with Gasteiger partial charge in [0.1, 0.15) is 0 Å². The summed E-state index contributed by atoms with van der Waals surface area (Å²) < 4.78 is 3.75. The third-order valence-electron chi connectivity index (χ3n) is 19.5. The van der Waals surface area contributed by atoms with Gasteiger partial charge in [0.15, 0.2) is 0 Å². The Morgan fingerprint density at radius 1 is 0.374 bits per heavy atom. The predicted molar refractivity (Wildman–Crippen MR) is 396 cm³/mol. The van der Waals surface area contributed by atoms with E-state index < -0.39 is 0 Å². The van der Waals surface area contributed by atoms with Crippen LogP contribution in [0.5, 0.6) is 0 Å². The van der Waals surface area contributed by atoms with Crippen LogP contribution in [0.3, 0.4) is 0 Å². The van der Waals surface area contributed by atoms with Crippen LogP contribution in [0.1, 0.15) is 107 Å². The van der Waals surface area contributed by atoms with Gasteiger partial charge in [0.2, 0.25) is 0 Å². The monoisotopic (exact) mass is 1200 g/mol. The highest BCUT2D eigenvalue weighted by molar-refractivity contribution is 7.23. The van der Waals surface area contributed by atoms with E-state index in [1.807, 2.05) is 11.3 Å². The Kier molecular flexibility index (Phi) is 13.6. The van der Waals surface area contributed by atoms with Crippen molar-refractivity contribution in [3.8, 4) is 27.3 Å². The number of para-hydroxylation sites is 2. The lowest BCUT2D eigenvalue weighted by Gasteiger charge is -2.45. The number of aromatic nitrogens is 1. The lowest BCUT2D eigenvalue weighted by molar-refractivity contribution is 0.589. The van der Waals surface area contributed by atoms with E-state index in [-0.39, 0.29) is 23.0 Å². The molecule has 0 saturated carbocycles. The van der Waals surface area contributed by atoms with E-state index in [2.05, 4.69) is 341 Å². The first-order valence-corrected chi connectivity index (χ1v) is 33.2. The number of anilines is 9. The van der Waals surface area contributed by atoms with Gasteiger partial charge in [-0.25, -0.2) is 0 Å². The van der Waals surface area contributed by atoms with Gasteiger partial charge in [0, 0.05) is 82.5 Å². The highest BCUT2D eigenvalue weighted by atomic mass is 32.1. The fourth-order valence-corrected chi connectivity index (χ4v) is 16.4. The Labute approximate surface area is 542 Å². The van der Waals surface area contributed by atoms with E-state index in [1.165, 1.54) is 148 Å². The van der Waals surface area contributed by atoms with Crippen LogP contribution in [-0.2, 0) is 16.2 Å². The molecule has 4 heterocycles. The van der Waals surface area contributed by atoms with Gasteiger partial charge >= 0.3 is 0 Å². The first-order chi connectivity index (χ1) is 43.6. The molecule has 15 rings (SSSR count). The van der Waals surface area contributed by atoms with Crippen LogP contribution in [0.4, 0.5) is 51.2 Å². The molecule has 0 amide bonds. The molecule has 0 radical (unpaired) electrons. The summed E-state index contributed by atoms with van der Waals surface area (Å²) in [5.41, 5.74) is 31.8. The fourth-order valence-electron chi connectivity index (χ4n) is 15.0. The zero-order valence-electron chi connectivity index (χ0n) is 55.1. The van der Waals surface area contributed by atoms with Crippen molar-refractivity contribution >= 4 is 118 Å². The summed E-state index contributed by atoms with van der Waals surface area (Å²) in [5, 5.41) is 3.77. The number of benzene rings is 11. The number of nitrogens with zero attached hydrogens (tertiary/aromatic N) is 4. The topological polar surface area (TPSA) is 14.7 Å². The third-order valence-corrected chi connectivity index (χ3v) is 20.7. The van der Waals surface area contributed by atoms with Gasteiger partial charge in [-0.2, -0.15) is 0 Å². The molecular weight excluding hydrogens is 1120 g/mol. The lowest BCUT2D eigenvalue weighted by atomic mass is 9.33. The van der Waals surface area contributed by atoms with Gasteiger partial charge in [-0.3, -0.25) is 0 Å². The Morgan fingerprint density at radius 2 is 0.934 bits per heavy atom. The quantitative estimate of drug-likeness (QED) is 0.141. The normalized spacial score (nSPS) is 13.1. The van der Waals surface area contributed by atoms with Gasteiger partial charge in [-0.05, 0) is 214 Å². The molecule has 0 unspecified atom stereocenters. The van der Waals surface area contributed by atoms with Gasteiger partial charge < -0.3 is 19.3 Å². The summed E-state index contributed by atoms with van der Waals surface area (Å²) in [6.45, 7) is 32.5. The summed E-state index contributed by atoms with van der Waals surface area (Å²) in [6, 6.07) is 85.8. The maximum atomic E-state index is 2.61. The van der Waals surface area contributed by atoms with E-state index in [1.54, 1.807) is 0 Å². The molecule has 6 heteroatoms. The van der Waals surface area contributed by atoms with Crippen molar-refractivity contribution in [2.24, 2.45) is 0 Å². The average Bonchev–Trinajstić information content (AvgIpc) is 1.28. The van der Waals surface area contributed by atoms with Gasteiger partial charge in [0.25, 0.3) is 6.71 Å². The average molecular weight is 1200 g/mol. The summed E-state index contributed by atoms with van der Waals surface area (Å²) in [6.07, 6.45) is 0. The zero-order valence-corrected chi connectivity index (χ0v) is 56.0. The van der Waals surface area contributed by atoms with Crippen LogP contribution in [0.25, 0.3) is 59.1 Å². The smallest absolute Gasteiger partial charge is 0.252 e. The molecule has 0 bridgehead atoms. The van der Waals surface area contributed by atoms with Crippen LogP contribution < -0.4 is 31.1 Å². The molecule has 2 aliphatic heterocycles. The fraction of sp³-hybridized carbons (Fsp3) is 0.200. The van der Waals surface area contributed by atoms with Crippen LogP contribution in [0.15, 0.2) is 224 Å². The molecule has 91 heavy (non-hydrogen) atoms. The molecule has 13 aromatic rings. The van der Waals surface area contributed by atoms with E-state index in [9.17, 15) is 0 Å². The Bertz CT molecular complexity index is 5020.